The van der Waals surface area contributed by atoms with E-state index in [4.69, 9.17) is 55.9 Å². The van der Waals surface area contributed by atoms with Crippen LogP contribution in [-0.4, -0.2) is 57.5 Å². The molecule has 2 aliphatic heterocycles. The topological polar surface area (TPSA) is 65.6 Å². The minimum Gasteiger partial charge on any atom is -0.466 e. The van der Waals surface area contributed by atoms with Crippen LogP contribution in [0.15, 0.2) is 48.3 Å². The number of rotatable bonds is 12. The Morgan fingerprint density at radius 2 is 1.21 bits per heavy atom. The van der Waals surface area contributed by atoms with Crippen molar-refractivity contribution in [1.82, 2.24) is 0 Å². The SMILES string of the molecule is CCN1/C(=C/C=C/[C@H]2N(CC)c3cc(Cl)c(Cl)cc3N2CCCOC(C)=O)N(CCCOC(C)=O)c2cc(Cl)c(Cl)cc21. The van der Waals surface area contributed by atoms with E-state index >= 15 is 0 Å². The number of fused-ring (bicyclic) bond motifs is 2. The first kappa shape index (κ1) is 33.1. The number of carbonyl (C=O) groups is 2. The summed E-state index contributed by atoms with van der Waals surface area (Å²) in [7, 11) is 0. The van der Waals surface area contributed by atoms with Gasteiger partial charge >= 0.3 is 11.9 Å². The molecule has 0 amide bonds. The maximum absolute atomic E-state index is 11.3. The number of ether oxygens (including phenoxy) is 2. The molecule has 4 rings (SSSR count). The molecule has 0 fully saturated rings. The number of halogens is 4. The number of esters is 2. The summed E-state index contributed by atoms with van der Waals surface area (Å²) in [6.07, 6.45) is 7.43. The number of allylic oxidation sites excluding steroid dienone is 2. The number of anilines is 4. The molecular formula is C31H36Cl4N4O4. The molecule has 0 bridgehead atoms. The van der Waals surface area contributed by atoms with Gasteiger partial charge in [-0.2, -0.15) is 0 Å². The van der Waals surface area contributed by atoms with Crippen molar-refractivity contribution in [2.24, 2.45) is 0 Å². The Morgan fingerprint density at radius 3 is 1.72 bits per heavy atom. The molecule has 12 heteroatoms. The number of benzene rings is 2. The van der Waals surface area contributed by atoms with Gasteiger partial charge in [0, 0.05) is 40.0 Å². The van der Waals surface area contributed by atoms with E-state index < -0.39 is 0 Å². The maximum atomic E-state index is 11.3. The average molecular weight is 670 g/mol. The van der Waals surface area contributed by atoms with Gasteiger partial charge in [0.2, 0.25) is 0 Å². The summed E-state index contributed by atoms with van der Waals surface area (Å²) in [5, 5.41) is 1.94. The molecule has 0 aliphatic carbocycles. The lowest BCUT2D eigenvalue weighted by atomic mass is 10.2. The van der Waals surface area contributed by atoms with Gasteiger partial charge in [0.1, 0.15) is 12.0 Å². The molecule has 2 aromatic rings. The predicted octanol–water partition coefficient (Wildman–Crippen LogP) is 7.92. The van der Waals surface area contributed by atoms with E-state index in [2.05, 4.69) is 45.6 Å². The van der Waals surface area contributed by atoms with Gasteiger partial charge in [0.05, 0.1) is 56.1 Å². The van der Waals surface area contributed by atoms with Crippen LogP contribution in [0.2, 0.25) is 20.1 Å². The summed E-state index contributed by atoms with van der Waals surface area (Å²) < 4.78 is 10.4. The molecular weight excluding hydrogens is 634 g/mol. The molecule has 0 saturated heterocycles. The molecule has 8 nitrogen and oxygen atoms in total. The zero-order chi connectivity index (χ0) is 31.3. The highest BCUT2D eigenvalue weighted by Gasteiger charge is 2.35. The van der Waals surface area contributed by atoms with Crippen LogP contribution in [0.3, 0.4) is 0 Å². The quantitative estimate of drug-likeness (QED) is 0.167. The van der Waals surface area contributed by atoms with Crippen molar-refractivity contribution in [3.8, 4) is 0 Å². The van der Waals surface area contributed by atoms with E-state index in [-0.39, 0.29) is 18.1 Å². The Bertz CT molecular complexity index is 1420. The van der Waals surface area contributed by atoms with Crippen LogP contribution in [0, 0.1) is 0 Å². The van der Waals surface area contributed by atoms with Crippen LogP contribution < -0.4 is 19.6 Å². The van der Waals surface area contributed by atoms with Crippen molar-refractivity contribution in [3.63, 3.8) is 0 Å². The standard InChI is InChI=1S/C31H36Cl4N4O4/c1-5-36-26-16-22(32)24(34)18-28(26)38(12-8-14-42-20(3)40)30(36)10-7-11-31-37(6-2)27-17-23(33)25(35)19-29(27)39(31)13-9-15-43-21(4)41/h7,10-11,16-19,30H,5-6,8-9,12-15H2,1-4H3/b10-7+,31-11-/t30-/m0/s1. The minimum absolute atomic E-state index is 0.121. The molecule has 232 valence electrons. The second-order valence-corrected chi connectivity index (χ2v) is 11.7. The molecule has 0 N–H and O–H groups in total. The fourth-order valence-corrected chi connectivity index (χ4v) is 6.12. The lowest BCUT2D eigenvalue weighted by Crippen LogP contribution is -2.42. The summed E-state index contributed by atoms with van der Waals surface area (Å²) in [6.45, 7) is 10.3. The Morgan fingerprint density at radius 1 is 0.721 bits per heavy atom. The maximum Gasteiger partial charge on any atom is 0.302 e. The molecule has 43 heavy (non-hydrogen) atoms. The largest absolute Gasteiger partial charge is 0.466 e. The van der Waals surface area contributed by atoms with Crippen molar-refractivity contribution in [2.45, 2.75) is 46.7 Å². The van der Waals surface area contributed by atoms with Crippen molar-refractivity contribution in [2.75, 3.05) is 59.0 Å². The Kier molecular flexibility index (Phi) is 11.4. The molecule has 2 heterocycles. The van der Waals surface area contributed by atoms with E-state index in [0.717, 1.165) is 35.1 Å². The second-order valence-electron chi connectivity index (χ2n) is 10.1. The molecule has 0 radical (unpaired) electrons. The van der Waals surface area contributed by atoms with Crippen LogP contribution in [0.4, 0.5) is 22.7 Å². The van der Waals surface area contributed by atoms with E-state index in [1.54, 1.807) is 0 Å². The van der Waals surface area contributed by atoms with Crippen LogP contribution in [-0.2, 0) is 19.1 Å². The van der Waals surface area contributed by atoms with E-state index in [1.165, 1.54) is 13.8 Å². The highest BCUT2D eigenvalue weighted by molar-refractivity contribution is 6.43. The van der Waals surface area contributed by atoms with Gasteiger partial charge in [-0.25, -0.2) is 0 Å². The van der Waals surface area contributed by atoms with E-state index in [9.17, 15) is 9.59 Å². The third-order valence-electron chi connectivity index (χ3n) is 7.29. The first-order valence-electron chi connectivity index (χ1n) is 14.3. The molecule has 0 spiro atoms. The zero-order valence-electron chi connectivity index (χ0n) is 24.7. The third-order valence-corrected chi connectivity index (χ3v) is 8.74. The van der Waals surface area contributed by atoms with Gasteiger partial charge in [-0.3, -0.25) is 9.59 Å². The third kappa shape index (κ3) is 7.48. The Hall–Kier alpha value is -2.78. The van der Waals surface area contributed by atoms with Crippen LogP contribution in [0.5, 0.6) is 0 Å². The fourth-order valence-electron chi connectivity index (χ4n) is 5.49. The van der Waals surface area contributed by atoms with Gasteiger partial charge in [-0.05, 0) is 63.1 Å². The van der Waals surface area contributed by atoms with Crippen molar-refractivity contribution in [1.29, 1.82) is 0 Å². The van der Waals surface area contributed by atoms with Gasteiger partial charge in [0.25, 0.3) is 0 Å². The highest BCUT2D eigenvalue weighted by atomic mass is 35.5. The molecule has 0 aromatic heterocycles. The Labute approximate surface area is 273 Å². The summed E-state index contributed by atoms with van der Waals surface area (Å²) in [4.78, 5) is 31.5. The van der Waals surface area contributed by atoms with Crippen LogP contribution in [0.25, 0.3) is 0 Å². The van der Waals surface area contributed by atoms with E-state index in [1.807, 2.05) is 30.3 Å². The van der Waals surface area contributed by atoms with Crippen molar-refractivity contribution >= 4 is 81.1 Å². The van der Waals surface area contributed by atoms with Crippen molar-refractivity contribution in [3.05, 3.63) is 68.4 Å². The van der Waals surface area contributed by atoms with Gasteiger partial charge in [0.15, 0.2) is 0 Å². The Balaban J connectivity index is 1.66. The first-order chi connectivity index (χ1) is 20.6. The van der Waals surface area contributed by atoms with Gasteiger partial charge < -0.3 is 29.1 Å². The summed E-state index contributed by atoms with van der Waals surface area (Å²) >= 11 is 25.7. The number of nitrogens with zero attached hydrogens (tertiary/aromatic N) is 4. The second kappa shape index (κ2) is 14.8. The molecule has 2 aromatic carbocycles. The normalized spacial score (nSPS) is 16.8. The summed E-state index contributed by atoms with van der Waals surface area (Å²) in [6, 6.07) is 7.56. The molecule has 0 saturated carbocycles. The zero-order valence-corrected chi connectivity index (χ0v) is 27.7. The highest BCUT2D eigenvalue weighted by Crippen LogP contribution is 2.46. The number of hydrogen-bond donors (Lipinski definition) is 0. The van der Waals surface area contributed by atoms with Crippen molar-refractivity contribution < 1.29 is 19.1 Å². The predicted molar refractivity (Wildman–Crippen MR) is 177 cm³/mol. The summed E-state index contributed by atoms with van der Waals surface area (Å²) in [5.74, 6) is 0.359. The molecule has 0 unspecified atom stereocenters. The molecule has 1 atom stereocenters. The number of hydrogen-bond acceptors (Lipinski definition) is 8. The monoisotopic (exact) mass is 668 g/mol. The van der Waals surface area contributed by atoms with Crippen LogP contribution >= 0.6 is 46.4 Å². The minimum atomic E-state index is -0.302. The smallest absolute Gasteiger partial charge is 0.302 e. The van der Waals surface area contributed by atoms with Gasteiger partial charge in [-0.15, -0.1) is 0 Å². The average Bonchev–Trinajstić information content (AvgIpc) is 3.39. The van der Waals surface area contributed by atoms with Crippen LogP contribution in [0.1, 0.15) is 40.5 Å². The summed E-state index contributed by atoms with van der Waals surface area (Å²) in [5.41, 5.74) is 3.87. The fraction of sp³-hybridized carbons (Fsp3) is 0.419. The van der Waals surface area contributed by atoms with E-state index in [0.29, 0.717) is 65.8 Å². The lowest BCUT2D eigenvalue weighted by Gasteiger charge is -2.30. The number of likely N-dealkylation sites (N-methyl/N-ethyl adjacent to an activating group) is 1. The van der Waals surface area contributed by atoms with Gasteiger partial charge in [-0.1, -0.05) is 52.5 Å². The number of carbonyl (C=O) groups excluding carboxylic acids is 2. The molecule has 2 aliphatic rings. The lowest BCUT2D eigenvalue weighted by molar-refractivity contribution is -0.141. The first-order valence-corrected chi connectivity index (χ1v) is 15.8.